The van der Waals surface area contributed by atoms with Gasteiger partial charge in [-0.25, -0.2) is 13.1 Å². The minimum absolute atomic E-state index is 0.0399. The smallest absolute Gasteiger partial charge is 0.267 e. The van der Waals surface area contributed by atoms with E-state index in [0.29, 0.717) is 36.8 Å². The van der Waals surface area contributed by atoms with Crippen LogP contribution in [0.15, 0.2) is 17.0 Å². The lowest BCUT2D eigenvalue weighted by molar-refractivity contribution is 0.0696. The minimum atomic E-state index is -3.61. The van der Waals surface area contributed by atoms with Gasteiger partial charge in [0.15, 0.2) is 0 Å². The van der Waals surface area contributed by atoms with Gasteiger partial charge in [0, 0.05) is 19.6 Å². The molecular weight excluding hydrogens is 424 g/mol. The molecule has 1 saturated heterocycles. The molecule has 0 aliphatic carbocycles. The van der Waals surface area contributed by atoms with Crippen molar-refractivity contribution in [3.05, 3.63) is 33.8 Å². The Morgan fingerprint density at radius 3 is 2.40 bits per heavy atom. The monoisotopic (exact) mass is 452 g/mol. The van der Waals surface area contributed by atoms with Crippen LogP contribution in [0.2, 0.25) is 0 Å². The number of sulfonamides is 1. The number of piperidine rings is 1. The Morgan fingerprint density at radius 2 is 1.87 bits per heavy atom. The lowest BCUT2D eigenvalue weighted by Crippen LogP contribution is -2.41. The van der Waals surface area contributed by atoms with Crippen LogP contribution in [-0.2, 0) is 10.0 Å². The van der Waals surface area contributed by atoms with Crippen LogP contribution in [0.25, 0.3) is 0 Å². The quantitative estimate of drug-likeness (QED) is 0.693. The SMILES string of the molecule is CCOc1c(C)cc(S(=O)(=O)NCC2CCN(C(=O)c3snnc3C)CC2)cc1C. The number of amides is 1. The topological polar surface area (TPSA) is 101 Å². The highest BCUT2D eigenvalue weighted by molar-refractivity contribution is 7.89. The van der Waals surface area contributed by atoms with Gasteiger partial charge in [-0.2, -0.15) is 0 Å². The van der Waals surface area contributed by atoms with E-state index in [1.54, 1.807) is 24.0 Å². The summed E-state index contributed by atoms with van der Waals surface area (Å²) in [5.74, 6) is 0.885. The molecule has 0 radical (unpaired) electrons. The molecule has 1 amide bonds. The maximum Gasteiger partial charge on any atom is 0.267 e. The van der Waals surface area contributed by atoms with Gasteiger partial charge >= 0.3 is 0 Å². The van der Waals surface area contributed by atoms with Crippen molar-refractivity contribution in [2.75, 3.05) is 26.2 Å². The van der Waals surface area contributed by atoms with Gasteiger partial charge in [0.05, 0.1) is 17.2 Å². The van der Waals surface area contributed by atoms with Crippen molar-refractivity contribution in [2.24, 2.45) is 5.92 Å². The van der Waals surface area contributed by atoms with E-state index in [0.717, 1.165) is 41.3 Å². The van der Waals surface area contributed by atoms with E-state index in [4.69, 9.17) is 4.74 Å². The number of rotatable bonds is 7. The fourth-order valence-corrected chi connectivity index (χ4v) is 5.57. The van der Waals surface area contributed by atoms with Crippen LogP contribution < -0.4 is 9.46 Å². The molecule has 1 fully saturated rings. The van der Waals surface area contributed by atoms with Crippen molar-refractivity contribution >= 4 is 27.5 Å². The van der Waals surface area contributed by atoms with Crippen LogP contribution >= 0.6 is 11.5 Å². The number of carbonyl (C=O) groups is 1. The molecule has 0 atom stereocenters. The lowest BCUT2D eigenvalue weighted by atomic mass is 9.97. The zero-order valence-electron chi connectivity index (χ0n) is 17.8. The third kappa shape index (κ3) is 4.98. The van der Waals surface area contributed by atoms with Crippen molar-refractivity contribution in [1.29, 1.82) is 0 Å². The zero-order valence-corrected chi connectivity index (χ0v) is 19.4. The van der Waals surface area contributed by atoms with Crippen molar-refractivity contribution in [3.63, 3.8) is 0 Å². The summed E-state index contributed by atoms with van der Waals surface area (Å²) in [6.45, 7) is 9.48. The van der Waals surface area contributed by atoms with Gasteiger partial charge in [-0.15, -0.1) is 5.10 Å². The van der Waals surface area contributed by atoms with Crippen molar-refractivity contribution in [3.8, 4) is 5.75 Å². The summed E-state index contributed by atoms with van der Waals surface area (Å²) in [6, 6.07) is 3.29. The highest BCUT2D eigenvalue weighted by atomic mass is 32.2. The Labute approximate surface area is 181 Å². The second-order valence-electron chi connectivity index (χ2n) is 7.59. The second-order valence-corrected chi connectivity index (χ2v) is 10.1. The number of nitrogens with one attached hydrogen (secondary N) is 1. The van der Waals surface area contributed by atoms with Crippen LogP contribution in [0.4, 0.5) is 0 Å². The summed E-state index contributed by atoms with van der Waals surface area (Å²) < 4.78 is 37.7. The zero-order chi connectivity index (χ0) is 21.9. The first-order valence-electron chi connectivity index (χ1n) is 10.0. The van der Waals surface area contributed by atoms with Gasteiger partial charge in [-0.3, -0.25) is 4.79 Å². The summed E-state index contributed by atoms with van der Waals surface area (Å²) in [4.78, 5) is 15.2. The maximum absolute atomic E-state index is 12.8. The fourth-order valence-electron chi connectivity index (χ4n) is 3.66. The first-order valence-corrected chi connectivity index (χ1v) is 12.3. The maximum atomic E-state index is 12.8. The van der Waals surface area contributed by atoms with E-state index in [-0.39, 0.29) is 16.7 Å². The molecule has 1 aromatic carbocycles. The Bertz CT molecular complexity index is 989. The number of ether oxygens (including phenoxy) is 1. The fraction of sp³-hybridized carbons (Fsp3) is 0.550. The third-order valence-electron chi connectivity index (χ3n) is 5.34. The molecule has 1 aliphatic heterocycles. The molecule has 10 heteroatoms. The molecular formula is C20H28N4O4S2. The molecule has 1 aliphatic rings. The summed E-state index contributed by atoms with van der Waals surface area (Å²) in [7, 11) is -3.61. The molecule has 0 spiro atoms. The largest absolute Gasteiger partial charge is 0.493 e. The van der Waals surface area contributed by atoms with E-state index in [2.05, 4.69) is 14.3 Å². The van der Waals surface area contributed by atoms with Crippen molar-refractivity contribution in [1.82, 2.24) is 19.2 Å². The Balaban J connectivity index is 1.57. The van der Waals surface area contributed by atoms with Gasteiger partial charge in [0.2, 0.25) is 10.0 Å². The van der Waals surface area contributed by atoms with Gasteiger partial charge in [0.1, 0.15) is 10.6 Å². The van der Waals surface area contributed by atoms with Crippen molar-refractivity contribution in [2.45, 2.75) is 45.4 Å². The molecule has 3 rings (SSSR count). The summed E-state index contributed by atoms with van der Waals surface area (Å²) >= 11 is 1.12. The number of carbonyl (C=O) groups excluding carboxylic acids is 1. The summed E-state index contributed by atoms with van der Waals surface area (Å²) in [6.07, 6.45) is 1.50. The van der Waals surface area contributed by atoms with Crippen LogP contribution in [0.1, 0.15) is 46.3 Å². The molecule has 0 bridgehead atoms. The van der Waals surface area contributed by atoms with Crippen molar-refractivity contribution < 1.29 is 17.9 Å². The molecule has 1 aromatic heterocycles. The molecule has 0 unspecified atom stereocenters. The van der Waals surface area contributed by atoms with E-state index < -0.39 is 10.0 Å². The number of aromatic nitrogens is 2. The molecule has 0 saturated carbocycles. The Kier molecular flexibility index (Phi) is 7.10. The minimum Gasteiger partial charge on any atom is -0.493 e. The number of nitrogens with zero attached hydrogens (tertiary/aromatic N) is 3. The molecule has 1 N–H and O–H groups in total. The molecule has 2 heterocycles. The van der Waals surface area contributed by atoms with Gasteiger partial charge in [0.25, 0.3) is 5.91 Å². The third-order valence-corrected chi connectivity index (χ3v) is 7.56. The second kappa shape index (κ2) is 9.40. The number of benzene rings is 1. The van der Waals surface area contributed by atoms with Crippen LogP contribution in [0, 0.1) is 26.7 Å². The van der Waals surface area contributed by atoms with Gasteiger partial charge in [-0.05, 0) is 81.2 Å². The standard InChI is InChI=1S/C20H28N4O4S2/c1-5-28-18-13(2)10-17(11-14(18)3)30(26,27)21-12-16-6-8-24(9-7-16)20(25)19-15(4)22-23-29-19/h10-11,16,21H,5-9,12H2,1-4H3. The molecule has 164 valence electrons. The van der Waals surface area contributed by atoms with Crippen LogP contribution in [0.3, 0.4) is 0 Å². The number of hydrogen-bond donors (Lipinski definition) is 1. The van der Waals surface area contributed by atoms with Crippen LogP contribution in [0.5, 0.6) is 5.75 Å². The molecule has 2 aromatic rings. The van der Waals surface area contributed by atoms with Gasteiger partial charge < -0.3 is 9.64 Å². The predicted octanol–water partition coefficient (Wildman–Crippen LogP) is 2.69. The Hall–Kier alpha value is -2.04. The normalized spacial score (nSPS) is 15.4. The average molecular weight is 453 g/mol. The summed E-state index contributed by atoms with van der Waals surface area (Å²) in [5.41, 5.74) is 2.26. The lowest BCUT2D eigenvalue weighted by Gasteiger charge is -2.31. The van der Waals surface area contributed by atoms with E-state index in [1.165, 1.54) is 0 Å². The average Bonchev–Trinajstić information content (AvgIpc) is 3.15. The van der Waals surface area contributed by atoms with E-state index in [1.807, 2.05) is 20.8 Å². The first kappa shape index (κ1) is 22.6. The van der Waals surface area contributed by atoms with Gasteiger partial charge in [-0.1, -0.05) is 4.49 Å². The first-order chi connectivity index (χ1) is 14.2. The molecule has 30 heavy (non-hydrogen) atoms. The predicted molar refractivity (Wildman–Crippen MR) is 116 cm³/mol. The number of aryl methyl sites for hydroxylation is 3. The molecule has 8 nitrogen and oxygen atoms in total. The highest BCUT2D eigenvalue weighted by Crippen LogP contribution is 2.27. The number of hydrogen-bond acceptors (Lipinski definition) is 7. The van der Waals surface area contributed by atoms with E-state index >= 15 is 0 Å². The summed E-state index contributed by atoms with van der Waals surface area (Å²) in [5, 5.41) is 3.90. The number of likely N-dealkylation sites (tertiary alicyclic amines) is 1. The Morgan fingerprint density at radius 1 is 1.23 bits per heavy atom. The highest BCUT2D eigenvalue weighted by Gasteiger charge is 2.27. The van der Waals surface area contributed by atoms with Crippen LogP contribution in [-0.4, -0.2) is 55.1 Å². The van der Waals surface area contributed by atoms with E-state index in [9.17, 15) is 13.2 Å².